The van der Waals surface area contributed by atoms with Gasteiger partial charge >= 0.3 is 0 Å². The van der Waals surface area contributed by atoms with Crippen molar-refractivity contribution in [2.75, 3.05) is 12.8 Å². The number of rotatable bonds is 6. The van der Waals surface area contributed by atoms with E-state index in [9.17, 15) is 8.78 Å². The number of thioether (sulfide) groups is 1. The van der Waals surface area contributed by atoms with Crippen molar-refractivity contribution < 1.29 is 8.78 Å². The molecule has 0 aliphatic carbocycles. The molecule has 0 amide bonds. The molecule has 1 nitrogen and oxygen atoms in total. The fourth-order valence-electron chi connectivity index (χ4n) is 1.64. The SMILES string of the molecule is CCC(C)SCC(NC)c1ccc(C)c(F)c1F. The van der Waals surface area contributed by atoms with Crippen LogP contribution in [0.25, 0.3) is 0 Å². The monoisotopic (exact) mass is 273 g/mol. The highest BCUT2D eigenvalue weighted by molar-refractivity contribution is 7.99. The van der Waals surface area contributed by atoms with E-state index in [4.69, 9.17) is 0 Å². The molecule has 1 aromatic carbocycles. The summed E-state index contributed by atoms with van der Waals surface area (Å²) in [6.45, 7) is 5.84. The van der Waals surface area contributed by atoms with Crippen LogP contribution in [0, 0.1) is 18.6 Å². The second-order valence-electron chi connectivity index (χ2n) is 4.49. The van der Waals surface area contributed by atoms with E-state index in [-0.39, 0.29) is 6.04 Å². The molecule has 0 aromatic heterocycles. The summed E-state index contributed by atoms with van der Waals surface area (Å²) in [5.41, 5.74) is 0.761. The number of nitrogens with one attached hydrogen (secondary N) is 1. The Balaban J connectivity index is 2.85. The van der Waals surface area contributed by atoms with E-state index < -0.39 is 11.6 Å². The fraction of sp³-hybridized carbons (Fsp3) is 0.571. The molecule has 0 aliphatic heterocycles. The molecule has 0 heterocycles. The van der Waals surface area contributed by atoms with Gasteiger partial charge < -0.3 is 5.32 Å². The van der Waals surface area contributed by atoms with Crippen LogP contribution in [0.4, 0.5) is 8.78 Å². The van der Waals surface area contributed by atoms with Gasteiger partial charge in [0.25, 0.3) is 0 Å². The molecular formula is C14H21F2NS. The van der Waals surface area contributed by atoms with E-state index >= 15 is 0 Å². The zero-order valence-electron chi connectivity index (χ0n) is 11.4. The zero-order chi connectivity index (χ0) is 13.7. The van der Waals surface area contributed by atoms with Crippen molar-refractivity contribution in [2.45, 2.75) is 38.5 Å². The standard InChI is InChI=1S/C14H21F2NS/c1-5-10(3)18-8-12(17-4)11-7-6-9(2)13(15)14(11)16/h6-7,10,12,17H,5,8H2,1-4H3. The Labute approximate surface area is 112 Å². The molecule has 2 unspecified atom stereocenters. The Morgan fingerprint density at radius 3 is 2.50 bits per heavy atom. The highest BCUT2D eigenvalue weighted by Crippen LogP contribution is 2.26. The first-order chi connectivity index (χ1) is 8.51. The van der Waals surface area contributed by atoms with Crippen molar-refractivity contribution in [1.82, 2.24) is 5.32 Å². The summed E-state index contributed by atoms with van der Waals surface area (Å²) in [7, 11) is 1.78. The highest BCUT2D eigenvalue weighted by Gasteiger charge is 2.19. The molecule has 0 saturated carbocycles. The third-order valence-corrected chi connectivity index (χ3v) is 4.58. The molecule has 1 aromatic rings. The molecule has 0 fully saturated rings. The Morgan fingerprint density at radius 1 is 1.28 bits per heavy atom. The van der Waals surface area contributed by atoms with Gasteiger partial charge in [0.05, 0.1) is 0 Å². The number of halogens is 2. The van der Waals surface area contributed by atoms with E-state index in [0.717, 1.165) is 12.2 Å². The molecule has 1 N–H and O–H groups in total. The second-order valence-corrected chi connectivity index (χ2v) is 5.96. The fourth-order valence-corrected chi connectivity index (χ4v) is 2.74. The zero-order valence-corrected chi connectivity index (χ0v) is 12.2. The predicted molar refractivity (Wildman–Crippen MR) is 75.1 cm³/mol. The first-order valence-corrected chi connectivity index (χ1v) is 7.29. The Morgan fingerprint density at radius 2 is 1.94 bits per heavy atom. The topological polar surface area (TPSA) is 12.0 Å². The van der Waals surface area contributed by atoms with E-state index in [1.165, 1.54) is 0 Å². The van der Waals surface area contributed by atoms with Crippen LogP contribution in [0.5, 0.6) is 0 Å². The average Bonchev–Trinajstić information content (AvgIpc) is 2.38. The third-order valence-electron chi connectivity index (χ3n) is 3.15. The molecule has 1 rings (SSSR count). The van der Waals surface area contributed by atoms with E-state index in [1.54, 1.807) is 37.9 Å². The maximum Gasteiger partial charge on any atom is 0.163 e. The Kier molecular flexibility index (Phi) is 6.09. The van der Waals surface area contributed by atoms with Gasteiger partial charge in [0.15, 0.2) is 11.6 Å². The van der Waals surface area contributed by atoms with Crippen molar-refractivity contribution in [2.24, 2.45) is 0 Å². The second kappa shape index (κ2) is 7.10. The molecule has 2 atom stereocenters. The molecule has 0 spiro atoms. The Hall–Kier alpha value is -0.610. The third kappa shape index (κ3) is 3.69. The van der Waals surface area contributed by atoms with E-state index in [2.05, 4.69) is 19.2 Å². The van der Waals surface area contributed by atoms with Gasteiger partial charge in [-0.2, -0.15) is 11.8 Å². The summed E-state index contributed by atoms with van der Waals surface area (Å²) in [6, 6.07) is 3.15. The van der Waals surface area contributed by atoms with Crippen LogP contribution in [0.15, 0.2) is 12.1 Å². The molecule has 0 aliphatic rings. The predicted octanol–water partition coefficient (Wildman–Crippen LogP) is 4.07. The largest absolute Gasteiger partial charge is 0.312 e. The van der Waals surface area contributed by atoms with Gasteiger partial charge in [-0.1, -0.05) is 26.0 Å². The summed E-state index contributed by atoms with van der Waals surface area (Å²) >= 11 is 1.77. The van der Waals surface area contributed by atoms with Crippen molar-refractivity contribution >= 4 is 11.8 Å². The minimum Gasteiger partial charge on any atom is -0.312 e. The number of benzene rings is 1. The summed E-state index contributed by atoms with van der Waals surface area (Å²) < 4.78 is 27.4. The number of hydrogen-bond acceptors (Lipinski definition) is 2. The molecule has 0 bridgehead atoms. The van der Waals surface area contributed by atoms with Crippen LogP contribution < -0.4 is 5.32 Å². The maximum absolute atomic E-state index is 13.9. The van der Waals surface area contributed by atoms with Crippen LogP contribution in [0.2, 0.25) is 0 Å². The average molecular weight is 273 g/mol. The van der Waals surface area contributed by atoms with E-state index in [1.807, 2.05) is 0 Å². The van der Waals surface area contributed by atoms with Crippen LogP contribution in [0.1, 0.15) is 37.4 Å². The van der Waals surface area contributed by atoms with Gasteiger partial charge in [-0.15, -0.1) is 0 Å². The molecule has 0 radical (unpaired) electrons. The van der Waals surface area contributed by atoms with Crippen molar-refractivity contribution in [1.29, 1.82) is 0 Å². The minimum atomic E-state index is -0.735. The van der Waals surface area contributed by atoms with E-state index in [0.29, 0.717) is 16.4 Å². The Bertz CT molecular complexity index is 396. The molecule has 4 heteroatoms. The van der Waals surface area contributed by atoms with Gasteiger partial charge in [0, 0.05) is 22.6 Å². The normalized spacial score (nSPS) is 14.6. The van der Waals surface area contributed by atoms with Crippen LogP contribution in [-0.4, -0.2) is 18.1 Å². The quantitative estimate of drug-likeness (QED) is 0.838. The van der Waals surface area contributed by atoms with Gasteiger partial charge in [0.2, 0.25) is 0 Å². The minimum absolute atomic E-state index is 0.154. The molecule has 102 valence electrons. The van der Waals surface area contributed by atoms with Gasteiger partial charge in [0.1, 0.15) is 0 Å². The first kappa shape index (κ1) is 15.4. The molecule has 18 heavy (non-hydrogen) atoms. The number of aryl methyl sites for hydroxylation is 1. The van der Waals surface area contributed by atoms with Crippen molar-refractivity contribution in [3.05, 3.63) is 34.9 Å². The highest BCUT2D eigenvalue weighted by atomic mass is 32.2. The lowest BCUT2D eigenvalue weighted by molar-refractivity contribution is 0.479. The van der Waals surface area contributed by atoms with Crippen molar-refractivity contribution in [3.8, 4) is 0 Å². The molecule has 0 saturated heterocycles. The van der Waals surface area contributed by atoms with Crippen LogP contribution in [0.3, 0.4) is 0 Å². The van der Waals surface area contributed by atoms with Crippen LogP contribution in [-0.2, 0) is 0 Å². The summed E-state index contributed by atoms with van der Waals surface area (Å²) in [5, 5.41) is 3.58. The first-order valence-electron chi connectivity index (χ1n) is 6.24. The smallest absolute Gasteiger partial charge is 0.163 e. The van der Waals surface area contributed by atoms with Gasteiger partial charge in [-0.05, 0) is 26.0 Å². The lowest BCUT2D eigenvalue weighted by atomic mass is 10.1. The number of hydrogen-bond donors (Lipinski definition) is 1. The van der Waals surface area contributed by atoms with Gasteiger partial charge in [-0.3, -0.25) is 0 Å². The van der Waals surface area contributed by atoms with Crippen molar-refractivity contribution in [3.63, 3.8) is 0 Å². The van der Waals surface area contributed by atoms with Gasteiger partial charge in [-0.25, -0.2) is 8.78 Å². The lowest BCUT2D eigenvalue weighted by Gasteiger charge is -2.19. The lowest BCUT2D eigenvalue weighted by Crippen LogP contribution is -2.21. The summed E-state index contributed by atoms with van der Waals surface area (Å²) in [6.07, 6.45) is 1.08. The van der Waals surface area contributed by atoms with Crippen LogP contribution >= 0.6 is 11.8 Å². The molecular weight excluding hydrogens is 252 g/mol. The summed E-state index contributed by atoms with van der Waals surface area (Å²) in [5.74, 6) is -0.717. The maximum atomic E-state index is 13.9. The summed E-state index contributed by atoms with van der Waals surface area (Å²) in [4.78, 5) is 0.